The summed E-state index contributed by atoms with van der Waals surface area (Å²) in [5, 5.41) is 0.488. The van der Waals surface area contributed by atoms with Gasteiger partial charge in [0.15, 0.2) is 5.67 Å². The lowest BCUT2D eigenvalue weighted by atomic mass is 9.90. The highest BCUT2D eigenvalue weighted by atomic mass is 35.5. The molecule has 0 spiro atoms. The summed E-state index contributed by atoms with van der Waals surface area (Å²) in [6.45, 7) is 1.85. The van der Waals surface area contributed by atoms with Crippen LogP contribution in [0.2, 0.25) is 5.02 Å². The number of hydrogen-bond acceptors (Lipinski definition) is 2. The topological polar surface area (TPSA) is 35.2 Å². The Hall–Kier alpha value is -0.800. The van der Waals surface area contributed by atoms with Crippen LogP contribution in [0.1, 0.15) is 25.3 Å². The first-order valence-electron chi connectivity index (χ1n) is 5.30. The number of rotatable bonds is 5. The highest BCUT2D eigenvalue weighted by Crippen LogP contribution is 2.37. The molecule has 2 N–H and O–H groups in total. The van der Waals surface area contributed by atoms with E-state index in [0.717, 1.165) is 0 Å². The molecule has 1 unspecified atom stereocenters. The van der Waals surface area contributed by atoms with Gasteiger partial charge in [0, 0.05) is 17.1 Å². The van der Waals surface area contributed by atoms with Gasteiger partial charge >= 0.3 is 0 Å². The SMILES string of the molecule is CCCC(F)(CN)c1cc(Cl)ccc1OC. The van der Waals surface area contributed by atoms with Gasteiger partial charge in [-0.1, -0.05) is 24.9 Å². The van der Waals surface area contributed by atoms with Crippen molar-refractivity contribution in [2.24, 2.45) is 5.73 Å². The zero-order valence-electron chi connectivity index (χ0n) is 9.59. The van der Waals surface area contributed by atoms with Gasteiger partial charge < -0.3 is 10.5 Å². The molecular formula is C12H17ClFNO. The molecule has 1 atom stereocenters. The van der Waals surface area contributed by atoms with E-state index in [1.807, 2.05) is 6.92 Å². The second-order valence-electron chi connectivity index (χ2n) is 3.76. The van der Waals surface area contributed by atoms with Crippen LogP contribution >= 0.6 is 11.6 Å². The van der Waals surface area contributed by atoms with Crippen LogP contribution in [0.4, 0.5) is 4.39 Å². The molecule has 0 aliphatic rings. The fourth-order valence-corrected chi connectivity index (χ4v) is 1.95. The van der Waals surface area contributed by atoms with Crippen LogP contribution < -0.4 is 10.5 Å². The lowest BCUT2D eigenvalue weighted by Crippen LogP contribution is -2.30. The highest BCUT2D eigenvalue weighted by molar-refractivity contribution is 6.30. The maximum absolute atomic E-state index is 14.6. The molecule has 90 valence electrons. The predicted octanol–water partition coefficient (Wildman–Crippen LogP) is 3.27. The Labute approximate surface area is 101 Å². The molecule has 0 bridgehead atoms. The molecule has 1 rings (SSSR count). The van der Waals surface area contributed by atoms with Crippen molar-refractivity contribution in [2.45, 2.75) is 25.4 Å². The molecule has 1 aromatic carbocycles. The van der Waals surface area contributed by atoms with Crippen molar-refractivity contribution in [3.63, 3.8) is 0 Å². The molecule has 0 saturated heterocycles. The minimum absolute atomic E-state index is 0.0719. The van der Waals surface area contributed by atoms with Crippen LogP contribution in [0.15, 0.2) is 18.2 Å². The fraction of sp³-hybridized carbons (Fsp3) is 0.500. The number of benzene rings is 1. The summed E-state index contributed by atoms with van der Waals surface area (Å²) < 4.78 is 19.8. The number of ether oxygens (including phenoxy) is 1. The third-order valence-electron chi connectivity index (χ3n) is 2.61. The fourth-order valence-electron chi connectivity index (χ4n) is 1.77. The molecule has 0 fully saturated rings. The van der Waals surface area contributed by atoms with Crippen molar-refractivity contribution >= 4 is 11.6 Å². The van der Waals surface area contributed by atoms with Crippen molar-refractivity contribution < 1.29 is 9.13 Å². The monoisotopic (exact) mass is 245 g/mol. The van der Waals surface area contributed by atoms with Gasteiger partial charge in [0.2, 0.25) is 0 Å². The molecule has 0 heterocycles. The summed E-state index contributed by atoms with van der Waals surface area (Å²) in [7, 11) is 1.51. The van der Waals surface area contributed by atoms with Crippen molar-refractivity contribution in [3.05, 3.63) is 28.8 Å². The van der Waals surface area contributed by atoms with E-state index >= 15 is 0 Å². The second-order valence-corrected chi connectivity index (χ2v) is 4.20. The third kappa shape index (κ3) is 2.66. The van der Waals surface area contributed by atoms with Crippen LogP contribution in [0.25, 0.3) is 0 Å². The molecule has 2 nitrogen and oxygen atoms in total. The quantitative estimate of drug-likeness (QED) is 0.864. The average Bonchev–Trinajstić information content (AvgIpc) is 2.29. The van der Waals surface area contributed by atoms with Gasteiger partial charge in [-0.3, -0.25) is 0 Å². The zero-order valence-corrected chi connectivity index (χ0v) is 10.4. The third-order valence-corrected chi connectivity index (χ3v) is 2.85. The number of hydrogen-bond donors (Lipinski definition) is 1. The van der Waals surface area contributed by atoms with E-state index in [4.69, 9.17) is 22.1 Å². The molecule has 0 saturated carbocycles. The predicted molar refractivity (Wildman–Crippen MR) is 64.8 cm³/mol. The Morgan fingerprint density at radius 2 is 2.19 bits per heavy atom. The zero-order chi connectivity index (χ0) is 12.2. The minimum atomic E-state index is -1.56. The average molecular weight is 246 g/mol. The highest BCUT2D eigenvalue weighted by Gasteiger charge is 2.32. The Kier molecular flexibility index (Phi) is 4.56. The Balaban J connectivity index is 3.21. The standard InChI is InChI=1S/C12H17ClFNO/c1-3-6-12(14,8-15)10-7-9(13)4-5-11(10)16-2/h4-5,7H,3,6,8,15H2,1-2H3. The van der Waals surface area contributed by atoms with E-state index in [1.165, 1.54) is 7.11 Å². The molecule has 0 aromatic heterocycles. The lowest BCUT2D eigenvalue weighted by molar-refractivity contribution is 0.154. The van der Waals surface area contributed by atoms with Crippen LogP contribution in [0, 0.1) is 0 Å². The Morgan fingerprint density at radius 3 is 2.69 bits per heavy atom. The summed E-state index contributed by atoms with van der Waals surface area (Å²) in [4.78, 5) is 0. The number of alkyl halides is 1. The van der Waals surface area contributed by atoms with Gasteiger partial charge in [-0.05, 0) is 24.6 Å². The van der Waals surface area contributed by atoms with Gasteiger partial charge in [0.05, 0.1) is 7.11 Å². The molecule has 4 heteroatoms. The van der Waals surface area contributed by atoms with E-state index < -0.39 is 5.67 Å². The molecule has 0 amide bonds. The summed E-state index contributed by atoms with van der Waals surface area (Å²) in [6.07, 6.45) is 1.07. The maximum Gasteiger partial charge on any atom is 0.151 e. The summed E-state index contributed by atoms with van der Waals surface area (Å²) in [5.74, 6) is 0.491. The van der Waals surface area contributed by atoms with E-state index in [-0.39, 0.29) is 6.54 Å². The van der Waals surface area contributed by atoms with Gasteiger partial charge in [-0.15, -0.1) is 0 Å². The van der Waals surface area contributed by atoms with Gasteiger partial charge in [-0.25, -0.2) is 4.39 Å². The molecular weight excluding hydrogens is 229 g/mol. The molecule has 0 aliphatic carbocycles. The Morgan fingerprint density at radius 1 is 1.50 bits per heavy atom. The van der Waals surface area contributed by atoms with Crippen LogP contribution in [-0.2, 0) is 5.67 Å². The smallest absolute Gasteiger partial charge is 0.151 e. The van der Waals surface area contributed by atoms with Crippen molar-refractivity contribution in [3.8, 4) is 5.75 Å². The number of methoxy groups -OCH3 is 1. The Bertz CT molecular complexity index is 359. The summed E-state index contributed by atoms with van der Waals surface area (Å²) in [6, 6.07) is 4.92. The van der Waals surface area contributed by atoms with E-state index in [0.29, 0.717) is 29.2 Å². The van der Waals surface area contributed by atoms with Crippen molar-refractivity contribution in [2.75, 3.05) is 13.7 Å². The molecule has 0 radical (unpaired) electrons. The van der Waals surface area contributed by atoms with Crippen molar-refractivity contribution in [1.82, 2.24) is 0 Å². The van der Waals surface area contributed by atoms with Gasteiger partial charge in [0.25, 0.3) is 0 Å². The first-order chi connectivity index (χ1) is 7.57. The normalized spacial score (nSPS) is 14.6. The molecule has 0 aliphatic heterocycles. The molecule has 1 aromatic rings. The first kappa shape index (κ1) is 13.3. The number of halogens is 2. The molecule has 16 heavy (non-hydrogen) atoms. The summed E-state index contributed by atoms with van der Waals surface area (Å²) >= 11 is 5.87. The first-order valence-corrected chi connectivity index (χ1v) is 5.68. The summed E-state index contributed by atoms with van der Waals surface area (Å²) in [5.41, 5.74) is 4.40. The minimum Gasteiger partial charge on any atom is -0.496 e. The lowest BCUT2D eigenvalue weighted by Gasteiger charge is -2.25. The van der Waals surface area contributed by atoms with E-state index in [1.54, 1.807) is 18.2 Å². The van der Waals surface area contributed by atoms with E-state index in [9.17, 15) is 4.39 Å². The van der Waals surface area contributed by atoms with Gasteiger partial charge in [-0.2, -0.15) is 0 Å². The van der Waals surface area contributed by atoms with Crippen LogP contribution in [-0.4, -0.2) is 13.7 Å². The number of nitrogens with two attached hydrogens (primary N) is 1. The van der Waals surface area contributed by atoms with Crippen LogP contribution in [0.3, 0.4) is 0 Å². The van der Waals surface area contributed by atoms with Crippen molar-refractivity contribution in [1.29, 1.82) is 0 Å². The largest absolute Gasteiger partial charge is 0.496 e. The maximum atomic E-state index is 14.6. The van der Waals surface area contributed by atoms with E-state index in [2.05, 4.69) is 0 Å². The van der Waals surface area contributed by atoms with Crippen LogP contribution in [0.5, 0.6) is 5.75 Å². The second kappa shape index (κ2) is 5.51. The van der Waals surface area contributed by atoms with Gasteiger partial charge in [0.1, 0.15) is 5.75 Å².